The Balaban J connectivity index is 1.77. The van der Waals surface area contributed by atoms with Gasteiger partial charge in [0, 0.05) is 62.5 Å². The molecule has 1 atom stereocenters. The number of aromatic nitrogens is 4. The molecule has 0 aliphatic carbocycles. The fourth-order valence-corrected chi connectivity index (χ4v) is 5.64. The lowest BCUT2D eigenvalue weighted by Gasteiger charge is -2.34. The van der Waals surface area contributed by atoms with E-state index < -0.39 is 29.5 Å². The lowest BCUT2D eigenvalue weighted by atomic mass is 10.1. The van der Waals surface area contributed by atoms with Crippen LogP contribution in [0.2, 0.25) is 0 Å². The highest BCUT2D eigenvalue weighted by atomic mass is 79.9. The summed E-state index contributed by atoms with van der Waals surface area (Å²) in [5.74, 6) is 0.146. The van der Waals surface area contributed by atoms with Gasteiger partial charge in [-0.2, -0.15) is 4.98 Å². The molecule has 3 heterocycles. The highest BCUT2D eigenvalue weighted by molar-refractivity contribution is 9.10. The van der Waals surface area contributed by atoms with Crippen molar-refractivity contribution in [1.82, 2.24) is 24.0 Å². The van der Waals surface area contributed by atoms with Crippen LogP contribution in [0.1, 0.15) is 57.8 Å². The molecule has 12 nitrogen and oxygen atoms in total. The molecule has 2 aromatic heterocycles. The highest BCUT2D eigenvalue weighted by Gasteiger charge is 2.29. The quantitative estimate of drug-likeness (QED) is 0.281. The van der Waals surface area contributed by atoms with E-state index in [0.29, 0.717) is 35.6 Å². The normalized spacial score (nSPS) is 15.3. The number of anilines is 2. The van der Waals surface area contributed by atoms with Crippen molar-refractivity contribution in [2.24, 2.45) is 7.05 Å². The molecule has 1 N–H and O–H groups in total. The molecule has 1 saturated heterocycles. The summed E-state index contributed by atoms with van der Waals surface area (Å²) < 4.78 is 10.1. The second kappa shape index (κ2) is 13.0. The standard InChI is InChI=1S/C31H42BrN7O5/c1-19(2)13-15-38-25-26(34-28(38)37-14-9-10-20(17-37)33-29(42)44-31(3,4)5)36(8)30(43)39(27(25)41)18-24(40)22-16-21(35(6)7)11-12-23(22)32/h11-13,16,20H,9-10,14-15,17-18H2,1-8H3,(H,33,42). The fourth-order valence-electron chi connectivity index (χ4n) is 5.17. The average molecular weight is 673 g/mol. The fraction of sp³-hybridized carbons (Fsp3) is 0.516. The van der Waals surface area contributed by atoms with Crippen LogP contribution < -0.4 is 26.4 Å². The number of ether oxygens (including phenoxy) is 1. The lowest BCUT2D eigenvalue weighted by Crippen LogP contribution is -2.49. The van der Waals surface area contributed by atoms with Crippen LogP contribution in [0.5, 0.6) is 0 Å². The number of piperidine rings is 1. The van der Waals surface area contributed by atoms with Gasteiger partial charge < -0.3 is 24.4 Å². The summed E-state index contributed by atoms with van der Waals surface area (Å²) in [5, 5.41) is 2.95. The summed E-state index contributed by atoms with van der Waals surface area (Å²) in [4.78, 5) is 62.2. The summed E-state index contributed by atoms with van der Waals surface area (Å²) in [6.45, 7) is 10.4. The molecule has 1 amide bonds. The molecule has 3 aromatic rings. The number of nitrogens with one attached hydrogen (secondary N) is 1. The Labute approximate surface area is 265 Å². The third-order valence-corrected chi connectivity index (χ3v) is 8.08. The number of imidazole rings is 1. The Morgan fingerprint density at radius 2 is 1.89 bits per heavy atom. The van der Waals surface area contributed by atoms with Gasteiger partial charge in [0.2, 0.25) is 5.95 Å². The minimum absolute atomic E-state index is 0.190. The van der Waals surface area contributed by atoms with Gasteiger partial charge in [-0.25, -0.2) is 9.59 Å². The molecule has 1 aromatic carbocycles. The molecular formula is C31H42BrN7O5. The van der Waals surface area contributed by atoms with Crippen molar-refractivity contribution in [3.8, 4) is 0 Å². The number of rotatable bonds is 8. The van der Waals surface area contributed by atoms with E-state index in [9.17, 15) is 19.2 Å². The second-order valence-electron chi connectivity index (χ2n) is 12.6. The molecule has 4 rings (SSSR count). The van der Waals surface area contributed by atoms with E-state index in [-0.39, 0.29) is 23.0 Å². The van der Waals surface area contributed by atoms with E-state index >= 15 is 0 Å². The van der Waals surface area contributed by atoms with Crippen LogP contribution in [-0.4, -0.2) is 69.4 Å². The predicted octanol–water partition coefficient (Wildman–Crippen LogP) is 4.07. The van der Waals surface area contributed by atoms with Gasteiger partial charge in [0.05, 0.1) is 6.54 Å². The van der Waals surface area contributed by atoms with Gasteiger partial charge >= 0.3 is 11.8 Å². The summed E-state index contributed by atoms with van der Waals surface area (Å²) in [6, 6.07) is 5.19. The molecule has 238 valence electrons. The highest BCUT2D eigenvalue weighted by Crippen LogP contribution is 2.25. The Morgan fingerprint density at radius 3 is 2.52 bits per heavy atom. The number of alkyl carbamates (subject to hydrolysis) is 1. The minimum Gasteiger partial charge on any atom is -0.444 e. The molecule has 1 fully saturated rings. The van der Waals surface area contributed by atoms with E-state index in [4.69, 9.17) is 9.72 Å². The van der Waals surface area contributed by atoms with Crippen LogP contribution in [0.3, 0.4) is 0 Å². The van der Waals surface area contributed by atoms with Gasteiger partial charge in [0.1, 0.15) is 5.60 Å². The van der Waals surface area contributed by atoms with Crippen molar-refractivity contribution in [2.45, 2.75) is 72.2 Å². The van der Waals surface area contributed by atoms with Crippen molar-refractivity contribution in [3.63, 3.8) is 0 Å². The van der Waals surface area contributed by atoms with Crippen LogP contribution in [-0.2, 0) is 24.9 Å². The number of allylic oxidation sites excluding steroid dienone is 2. The zero-order valence-corrected chi connectivity index (χ0v) is 28.3. The summed E-state index contributed by atoms with van der Waals surface area (Å²) in [7, 11) is 5.29. The van der Waals surface area contributed by atoms with Gasteiger partial charge in [0.15, 0.2) is 16.9 Å². The summed E-state index contributed by atoms with van der Waals surface area (Å²) >= 11 is 3.44. The molecular weight excluding hydrogens is 630 g/mol. The van der Waals surface area contributed by atoms with Crippen LogP contribution >= 0.6 is 15.9 Å². The van der Waals surface area contributed by atoms with Crippen molar-refractivity contribution < 1.29 is 14.3 Å². The maximum Gasteiger partial charge on any atom is 0.407 e. The van der Waals surface area contributed by atoms with Gasteiger partial charge in [0.25, 0.3) is 5.56 Å². The second-order valence-corrected chi connectivity index (χ2v) is 13.5. The van der Waals surface area contributed by atoms with Crippen LogP contribution in [0.15, 0.2) is 43.9 Å². The smallest absolute Gasteiger partial charge is 0.407 e. The Bertz CT molecular complexity index is 1720. The number of Topliss-reactive ketones (excluding diaryl/α,β-unsaturated/α-hetero) is 1. The molecule has 0 bridgehead atoms. The number of carbonyl (C=O) groups is 2. The SMILES string of the molecule is CC(C)=CCn1c(N2CCCC(NC(=O)OC(C)(C)C)C2)nc2c1c(=O)n(CC(=O)c1cc(N(C)C)ccc1Br)c(=O)n2C. The molecule has 1 aliphatic heterocycles. The van der Waals surface area contributed by atoms with Crippen molar-refractivity contribution >= 4 is 50.6 Å². The van der Waals surface area contributed by atoms with E-state index in [1.807, 2.05) is 70.7 Å². The monoisotopic (exact) mass is 671 g/mol. The topological polar surface area (TPSA) is 124 Å². The number of carbonyl (C=O) groups excluding carboxylic acids is 2. The van der Waals surface area contributed by atoms with Crippen molar-refractivity contribution in [1.29, 1.82) is 0 Å². The number of aryl methyl sites for hydroxylation is 1. The van der Waals surface area contributed by atoms with Crippen LogP contribution in [0.4, 0.5) is 16.4 Å². The Morgan fingerprint density at radius 1 is 1.18 bits per heavy atom. The predicted molar refractivity (Wildman–Crippen MR) is 176 cm³/mol. The van der Waals surface area contributed by atoms with Crippen LogP contribution in [0.25, 0.3) is 11.2 Å². The van der Waals surface area contributed by atoms with Gasteiger partial charge in [-0.05, 0) is 65.7 Å². The zero-order chi connectivity index (χ0) is 32.5. The lowest BCUT2D eigenvalue weighted by molar-refractivity contribution is 0.0499. The first kappa shape index (κ1) is 33.0. The third-order valence-electron chi connectivity index (χ3n) is 7.39. The number of fused-ring (bicyclic) bond motifs is 1. The van der Waals surface area contributed by atoms with Gasteiger partial charge in [-0.3, -0.25) is 18.7 Å². The number of nitrogens with zero attached hydrogens (tertiary/aromatic N) is 6. The molecule has 44 heavy (non-hydrogen) atoms. The Hall–Kier alpha value is -3.87. The number of halogens is 1. The van der Waals surface area contributed by atoms with Crippen molar-refractivity contribution in [2.75, 3.05) is 37.0 Å². The Kier molecular flexibility index (Phi) is 9.77. The third kappa shape index (κ3) is 7.25. The van der Waals surface area contributed by atoms with Gasteiger partial charge in [-0.1, -0.05) is 27.6 Å². The van der Waals surface area contributed by atoms with E-state index in [0.717, 1.165) is 28.7 Å². The summed E-state index contributed by atoms with van der Waals surface area (Å²) in [6.07, 6.45) is 3.04. The van der Waals surface area contributed by atoms with E-state index in [1.165, 1.54) is 4.57 Å². The average Bonchev–Trinajstić information content (AvgIpc) is 3.32. The number of benzene rings is 1. The number of hydrogen-bond acceptors (Lipinski definition) is 8. The molecule has 13 heteroatoms. The number of hydrogen-bond donors (Lipinski definition) is 1. The molecule has 0 spiro atoms. The summed E-state index contributed by atoms with van der Waals surface area (Å²) in [5.41, 5.74) is 0.878. The minimum atomic E-state index is -0.628. The largest absolute Gasteiger partial charge is 0.444 e. The van der Waals surface area contributed by atoms with Crippen molar-refractivity contribution in [3.05, 3.63) is 60.7 Å². The number of amides is 1. The molecule has 0 radical (unpaired) electrons. The van der Waals surface area contributed by atoms with E-state index in [1.54, 1.807) is 23.7 Å². The first-order chi connectivity index (χ1) is 20.6. The first-order valence-corrected chi connectivity index (χ1v) is 15.4. The zero-order valence-electron chi connectivity index (χ0n) is 26.7. The molecule has 1 aliphatic rings. The van der Waals surface area contributed by atoms with E-state index in [2.05, 4.69) is 21.2 Å². The molecule has 0 saturated carbocycles. The maximum atomic E-state index is 14.0. The maximum absolute atomic E-state index is 14.0. The number of ketones is 1. The van der Waals surface area contributed by atoms with Gasteiger partial charge in [-0.15, -0.1) is 0 Å². The van der Waals surface area contributed by atoms with Crippen LogP contribution in [0, 0.1) is 0 Å². The first-order valence-electron chi connectivity index (χ1n) is 14.7. The molecule has 1 unspecified atom stereocenters.